The zero-order valence-corrected chi connectivity index (χ0v) is 11.1. The Balaban J connectivity index is 1.63. The van der Waals surface area contributed by atoms with E-state index in [0.717, 1.165) is 48.9 Å². The Morgan fingerprint density at radius 3 is 3.26 bits per heavy atom. The molecule has 2 aromatic heterocycles. The van der Waals surface area contributed by atoms with Crippen LogP contribution in [-0.2, 0) is 0 Å². The second kappa shape index (κ2) is 5.52. The molecule has 1 fully saturated rings. The Bertz CT molecular complexity index is 547. The third kappa shape index (κ3) is 2.68. The second-order valence-corrected chi connectivity index (χ2v) is 5.10. The van der Waals surface area contributed by atoms with Gasteiger partial charge in [0.2, 0.25) is 0 Å². The van der Waals surface area contributed by atoms with E-state index in [1.165, 1.54) is 19.2 Å². The molecule has 0 spiro atoms. The monoisotopic (exact) mass is 261 g/mol. The lowest BCUT2D eigenvalue weighted by Gasteiger charge is -2.22. The van der Waals surface area contributed by atoms with E-state index < -0.39 is 0 Å². The van der Waals surface area contributed by atoms with Crippen LogP contribution in [0.4, 0.5) is 5.82 Å². The van der Waals surface area contributed by atoms with Crippen molar-refractivity contribution in [3.63, 3.8) is 0 Å². The second-order valence-electron chi connectivity index (χ2n) is 5.10. The lowest BCUT2D eigenvalue weighted by Crippen LogP contribution is -2.30. The first-order valence-electron chi connectivity index (χ1n) is 6.86. The molecule has 102 valence electrons. The van der Waals surface area contributed by atoms with Crippen LogP contribution < -0.4 is 10.6 Å². The minimum atomic E-state index is 0.550. The molecule has 1 aliphatic heterocycles. The highest BCUT2D eigenvalue weighted by molar-refractivity contribution is 5.87. The first-order valence-corrected chi connectivity index (χ1v) is 6.86. The van der Waals surface area contributed by atoms with Gasteiger partial charge in [0.25, 0.3) is 5.71 Å². The quantitative estimate of drug-likeness (QED) is 0.873. The van der Waals surface area contributed by atoms with Gasteiger partial charge in [0.15, 0.2) is 0 Å². The highest BCUT2D eigenvalue weighted by atomic mass is 16.5. The van der Waals surface area contributed by atoms with Crippen molar-refractivity contribution in [3.05, 3.63) is 12.0 Å². The van der Waals surface area contributed by atoms with Gasteiger partial charge in [-0.25, -0.2) is 4.98 Å². The van der Waals surface area contributed by atoms with Crippen molar-refractivity contribution in [2.45, 2.75) is 26.2 Å². The summed E-state index contributed by atoms with van der Waals surface area (Å²) < 4.78 is 5.13. The number of aryl methyl sites for hydroxylation is 1. The normalized spacial score (nSPS) is 19.7. The summed E-state index contributed by atoms with van der Waals surface area (Å²) in [6.45, 7) is 5.12. The molecule has 3 heterocycles. The molecule has 1 saturated heterocycles. The van der Waals surface area contributed by atoms with Gasteiger partial charge in [-0.3, -0.25) is 0 Å². The van der Waals surface area contributed by atoms with E-state index in [4.69, 9.17) is 4.52 Å². The van der Waals surface area contributed by atoms with Crippen molar-refractivity contribution >= 4 is 16.9 Å². The van der Waals surface area contributed by atoms with Gasteiger partial charge in [0, 0.05) is 6.54 Å². The fraction of sp³-hybridized carbons (Fsp3) is 0.615. The minimum Gasteiger partial charge on any atom is -0.369 e. The minimum absolute atomic E-state index is 0.550. The Hall–Kier alpha value is -1.69. The molecule has 1 aliphatic rings. The van der Waals surface area contributed by atoms with E-state index in [-0.39, 0.29) is 0 Å². The molecule has 0 bridgehead atoms. The molecule has 6 heteroatoms. The van der Waals surface area contributed by atoms with Crippen LogP contribution in [0.3, 0.4) is 0 Å². The number of nitrogens with one attached hydrogen (secondary N) is 2. The van der Waals surface area contributed by atoms with Crippen LogP contribution >= 0.6 is 0 Å². The van der Waals surface area contributed by atoms with Crippen LogP contribution in [0, 0.1) is 12.8 Å². The zero-order valence-electron chi connectivity index (χ0n) is 11.1. The molecule has 1 unspecified atom stereocenters. The Morgan fingerprint density at radius 1 is 1.47 bits per heavy atom. The molecule has 2 N–H and O–H groups in total. The van der Waals surface area contributed by atoms with Gasteiger partial charge in [-0.2, -0.15) is 4.98 Å². The summed E-state index contributed by atoms with van der Waals surface area (Å²) in [6, 6.07) is 0. The summed E-state index contributed by atoms with van der Waals surface area (Å²) in [5, 5.41) is 11.6. The molecule has 0 saturated carbocycles. The lowest BCUT2D eigenvalue weighted by atomic mass is 9.96. The molecule has 0 aromatic carbocycles. The van der Waals surface area contributed by atoms with E-state index in [1.54, 1.807) is 0 Å². The average Bonchev–Trinajstić information content (AvgIpc) is 2.83. The molecule has 0 aliphatic carbocycles. The van der Waals surface area contributed by atoms with Crippen LogP contribution in [0.5, 0.6) is 0 Å². The highest BCUT2D eigenvalue weighted by Gasteiger charge is 2.14. The van der Waals surface area contributed by atoms with Crippen molar-refractivity contribution < 1.29 is 4.52 Å². The van der Waals surface area contributed by atoms with Gasteiger partial charge in [-0.15, -0.1) is 0 Å². The largest absolute Gasteiger partial charge is 0.369 e. The van der Waals surface area contributed by atoms with E-state index in [1.807, 2.05) is 6.92 Å². The van der Waals surface area contributed by atoms with E-state index in [0.29, 0.717) is 5.71 Å². The van der Waals surface area contributed by atoms with Crippen molar-refractivity contribution in [2.24, 2.45) is 5.92 Å². The van der Waals surface area contributed by atoms with Gasteiger partial charge in [-0.05, 0) is 45.2 Å². The first-order chi connectivity index (χ1) is 9.34. The molecule has 19 heavy (non-hydrogen) atoms. The predicted octanol–water partition coefficient (Wildman–Crippen LogP) is 1.73. The smallest absolute Gasteiger partial charge is 0.263 e. The van der Waals surface area contributed by atoms with Crippen LogP contribution in [-0.4, -0.2) is 34.8 Å². The van der Waals surface area contributed by atoms with Gasteiger partial charge in [0.05, 0.1) is 5.69 Å². The zero-order chi connectivity index (χ0) is 13.1. The maximum atomic E-state index is 5.13. The standard InChI is InChI=1S/C13H19N5O/c1-9-11-12(16-8-17-13(11)19-18-9)15-6-4-10-3-2-5-14-7-10/h8,10,14H,2-7H2,1H3,(H,15,16,17). The third-order valence-electron chi connectivity index (χ3n) is 3.69. The Labute approximate surface area is 112 Å². The Morgan fingerprint density at radius 2 is 2.42 bits per heavy atom. The molecule has 1 atom stereocenters. The fourth-order valence-corrected chi connectivity index (χ4v) is 2.62. The van der Waals surface area contributed by atoms with E-state index >= 15 is 0 Å². The molecule has 0 amide bonds. The van der Waals surface area contributed by atoms with Gasteiger partial charge < -0.3 is 15.2 Å². The maximum Gasteiger partial charge on any atom is 0.263 e. The number of anilines is 1. The topological polar surface area (TPSA) is 75.9 Å². The van der Waals surface area contributed by atoms with Gasteiger partial charge in [-0.1, -0.05) is 5.16 Å². The molecular formula is C13H19N5O. The van der Waals surface area contributed by atoms with Gasteiger partial charge >= 0.3 is 0 Å². The first kappa shape index (κ1) is 12.3. The molecule has 3 rings (SSSR count). The van der Waals surface area contributed by atoms with Crippen LogP contribution in [0.15, 0.2) is 10.9 Å². The number of nitrogens with zero attached hydrogens (tertiary/aromatic N) is 3. The number of hydrogen-bond donors (Lipinski definition) is 2. The Kier molecular flexibility index (Phi) is 3.59. The average molecular weight is 261 g/mol. The molecular weight excluding hydrogens is 242 g/mol. The molecule has 2 aromatic rings. The number of aromatic nitrogens is 3. The van der Waals surface area contributed by atoms with Crippen molar-refractivity contribution in [1.29, 1.82) is 0 Å². The maximum absolute atomic E-state index is 5.13. The summed E-state index contributed by atoms with van der Waals surface area (Å²) >= 11 is 0. The summed E-state index contributed by atoms with van der Waals surface area (Å²) in [6.07, 6.45) is 5.27. The van der Waals surface area contributed by atoms with Crippen LogP contribution in [0.2, 0.25) is 0 Å². The third-order valence-corrected chi connectivity index (χ3v) is 3.69. The van der Waals surface area contributed by atoms with Crippen LogP contribution in [0.25, 0.3) is 11.1 Å². The summed E-state index contributed by atoms with van der Waals surface area (Å²) in [4.78, 5) is 8.36. The van der Waals surface area contributed by atoms with Crippen molar-refractivity contribution in [1.82, 2.24) is 20.4 Å². The van der Waals surface area contributed by atoms with Crippen molar-refractivity contribution in [2.75, 3.05) is 25.0 Å². The van der Waals surface area contributed by atoms with E-state index in [2.05, 4.69) is 25.8 Å². The van der Waals surface area contributed by atoms with Gasteiger partial charge in [0.1, 0.15) is 17.5 Å². The van der Waals surface area contributed by atoms with Crippen LogP contribution in [0.1, 0.15) is 25.0 Å². The number of piperidine rings is 1. The number of rotatable bonds is 4. The number of fused-ring (bicyclic) bond motifs is 1. The summed E-state index contributed by atoms with van der Waals surface area (Å²) in [5.74, 6) is 1.59. The SMILES string of the molecule is Cc1noc2ncnc(NCCC3CCCNC3)c12. The predicted molar refractivity (Wildman–Crippen MR) is 73.0 cm³/mol. The van der Waals surface area contributed by atoms with E-state index in [9.17, 15) is 0 Å². The highest BCUT2D eigenvalue weighted by Crippen LogP contribution is 2.22. The molecule has 0 radical (unpaired) electrons. The molecule has 6 nitrogen and oxygen atoms in total. The van der Waals surface area contributed by atoms with Crippen molar-refractivity contribution in [3.8, 4) is 0 Å². The summed E-state index contributed by atoms with van der Waals surface area (Å²) in [5.41, 5.74) is 1.38. The lowest BCUT2D eigenvalue weighted by molar-refractivity contribution is 0.364. The number of hydrogen-bond acceptors (Lipinski definition) is 6. The summed E-state index contributed by atoms with van der Waals surface area (Å²) in [7, 11) is 0. The fourth-order valence-electron chi connectivity index (χ4n) is 2.62.